The Morgan fingerprint density at radius 3 is 2.80 bits per heavy atom. The molecule has 0 fully saturated rings. The summed E-state index contributed by atoms with van der Waals surface area (Å²) in [6, 6.07) is 20.1. The Morgan fingerprint density at radius 2 is 1.97 bits per heavy atom. The molecule has 2 atom stereocenters. The largest absolute Gasteiger partial charge is 0.482 e. The molecule has 2 aromatic heterocycles. The van der Waals surface area contributed by atoms with Crippen LogP contribution >= 0.6 is 11.8 Å². The second-order valence-corrected chi connectivity index (χ2v) is 9.18. The fourth-order valence-corrected chi connectivity index (χ4v) is 6.43. The molecule has 0 saturated heterocycles. The average Bonchev–Trinajstić information content (AvgIpc) is 3.06. The van der Waals surface area contributed by atoms with E-state index < -0.39 is 5.60 Å². The molecule has 6 rings (SSSR count). The molecule has 2 aromatic carbocycles. The van der Waals surface area contributed by atoms with Gasteiger partial charge < -0.3 is 4.74 Å². The van der Waals surface area contributed by atoms with Gasteiger partial charge in [0, 0.05) is 29.1 Å². The normalized spacial score (nSPS) is 21.6. The van der Waals surface area contributed by atoms with Crippen molar-refractivity contribution in [1.29, 1.82) is 0 Å². The van der Waals surface area contributed by atoms with Gasteiger partial charge in [0.2, 0.25) is 0 Å². The molecule has 2 aliphatic rings. The molecule has 0 saturated carbocycles. The summed E-state index contributed by atoms with van der Waals surface area (Å²) in [6.07, 6.45) is 1.75. The zero-order valence-electron chi connectivity index (χ0n) is 16.8. The van der Waals surface area contributed by atoms with Crippen LogP contribution in [0.3, 0.4) is 0 Å². The molecule has 0 bridgehead atoms. The molecular weight excluding hydrogens is 392 g/mol. The number of aryl methyl sites for hydroxylation is 1. The molecule has 0 radical (unpaired) electrons. The van der Waals surface area contributed by atoms with Crippen LogP contribution in [0.2, 0.25) is 0 Å². The molecule has 0 amide bonds. The topological polar surface area (TPSA) is 44.1 Å². The first-order chi connectivity index (χ1) is 14.6. The van der Waals surface area contributed by atoms with Crippen molar-refractivity contribution in [2.24, 2.45) is 0 Å². The fraction of sp³-hybridized carbons (Fsp3) is 0.200. The van der Waals surface area contributed by atoms with Crippen LogP contribution < -0.4 is 10.2 Å². The zero-order valence-corrected chi connectivity index (χ0v) is 17.6. The number of ether oxygens (including phenoxy) is 1. The number of para-hydroxylation sites is 1. The van der Waals surface area contributed by atoms with Gasteiger partial charge in [-0.05, 0) is 44.2 Å². The van der Waals surface area contributed by atoms with Gasteiger partial charge in [-0.25, -0.2) is 4.98 Å². The third kappa shape index (κ3) is 2.30. The molecule has 4 aromatic rings. The Balaban J connectivity index is 1.70. The van der Waals surface area contributed by atoms with Crippen molar-refractivity contribution in [2.75, 3.05) is 5.75 Å². The van der Waals surface area contributed by atoms with Gasteiger partial charge >= 0.3 is 0 Å². The number of fused-ring (bicyclic) bond motifs is 6. The van der Waals surface area contributed by atoms with Crippen molar-refractivity contribution in [3.05, 3.63) is 93.8 Å². The number of rotatable bonds is 1. The van der Waals surface area contributed by atoms with Crippen molar-refractivity contribution < 1.29 is 4.74 Å². The van der Waals surface area contributed by atoms with Gasteiger partial charge in [0.15, 0.2) is 5.43 Å². The van der Waals surface area contributed by atoms with Gasteiger partial charge in [-0.15, -0.1) is 11.8 Å². The summed E-state index contributed by atoms with van der Waals surface area (Å²) in [6.45, 7) is 4.17. The number of hydrogen-bond acceptors (Lipinski definition) is 4. The van der Waals surface area contributed by atoms with Crippen LogP contribution in [-0.2, 0) is 5.60 Å². The lowest BCUT2D eigenvalue weighted by atomic mass is 9.81. The van der Waals surface area contributed by atoms with E-state index in [9.17, 15) is 4.79 Å². The molecule has 0 aliphatic carbocycles. The summed E-state index contributed by atoms with van der Waals surface area (Å²) >= 11 is 1.73. The summed E-state index contributed by atoms with van der Waals surface area (Å²) in [5, 5.41) is 1.55. The van der Waals surface area contributed by atoms with E-state index in [0.29, 0.717) is 11.0 Å². The summed E-state index contributed by atoms with van der Waals surface area (Å²) in [5.74, 6) is 1.87. The third-order valence-corrected chi connectivity index (χ3v) is 7.47. The van der Waals surface area contributed by atoms with Gasteiger partial charge in [-0.3, -0.25) is 9.36 Å². The standard InChI is InChI=1S/C25H20N2O2S/c1-15-10-11-20-18(13-15)19-14-30-24-21(25(19,2)29-20)22(28)17-9-6-12-26-23(17)27(24)16-7-4-3-5-8-16/h3-13,19H,14H2,1-2H3/t19-,25+/m0/s1. The Labute approximate surface area is 178 Å². The van der Waals surface area contributed by atoms with E-state index in [2.05, 4.69) is 47.7 Å². The molecule has 4 nitrogen and oxygen atoms in total. The predicted molar refractivity (Wildman–Crippen MR) is 120 cm³/mol. The van der Waals surface area contributed by atoms with Crippen LogP contribution in [-0.4, -0.2) is 15.3 Å². The SMILES string of the molecule is Cc1ccc2c(c1)[C@@H]1CSc3c(c(=O)c4cccnc4n3-c3ccccc3)[C@]1(C)O2. The average molecular weight is 413 g/mol. The zero-order chi connectivity index (χ0) is 20.5. The first kappa shape index (κ1) is 17.8. The minimum atomic E-state index is -0.700. The van der Waals surface area contributed by atoms with Crippen molar-refractivity contribution in [2.45, 2.75) is 30.4 Å². The van der Waals surface area contributed by atoms with Gasteiger partial charge in [-0.2, -0.15) is 0 Å². The number of thioether (sulfide) groups is 1. The van der Waals surface area contributed by atoms with Crippen LogP contribution in [0.1, 0.15) is 29.5 Å². The maximum atomic E-state index is 13.8. The lowest BCUT2D eigenvalue weighted by Crippen LogP contribution is -2.42. The van der Waals surface area contributed by atoms with Crippen LogP contribution in [0.4, 0.5) is 0 Å². The lowest BCUT2D eigenvalue weighted by molar-refractivity contribution is 0.0865. The first-order valence-electron chi connectivity index (χ1n) is 10.1. The van der Waals surface area contributed by atoms with Crippen LogP contribution in [0, 0.1) is 6.92 Å². The van der Waals surface area contributed by atoms with E-state index in [1.54, 1.807) is 18.0 Å². The third-order valence-electron chi connectivity index (χ3n) is 6.31. The van der Waals surface area contributed by atoms with E-state index in [4.69, 9.17) is 4.74 Å². The van der Waals surface area contributed by atoms with Gasteiger partial charge in [-0.1, -0.05) is 35.9 Å². The highest BCUT2D eigenvalue weighted by Gasteiger charge is 2.52. The van der Waals surface area contributed by atoms with Gasteiger partial charge in [0.1, 0.15) is 17.0 Å². The quantitative estimate of drug-likeness (QED) is 0.431. The van der Waals surface area contributed by atoms with Gasteiger partial charge in [0.05, 0.1) is 16.0 Å². The molecule has 0 N–H and O–H groups in total. The minimum absolute atomic E-state index is 0.0181. The van der Waals surface area contributed by atoms with Crippen molar-refractivity contribution in [1.82, 2.24) is 9.55 Å². The number of nitrogens with zero attached hydrogens (tertiary/aromatic N) is 2. The maximum Gasteiger partial charge on any atom is 0.199 e. The van der Waals surface area contributed by atoms with Crippen molar-refractivity contribution >= 4 is 22.8 Å². The summed E-state index contributed by atoms with van der Waals surface area (Å²) in [5.41, 5.74) is 4.15. The Morgan fingerprint density at radius 1 is 1.13 bits per heavy atom. The molecule has 148 valence electrons. The number of benzene rings is 2. The molecule has 30 heavy (non-hydrogen) atoms. The van der Waals surface area contributed by atoms with Crippen molar-refractivity contribution in [3.63, 3.8) is 0 Å². The van der Waals surface area contributed by atoms with E-state index in [1.165, 1.54) is 11.1 Å². The highest BCUT2D eigenvalue weighted by atomic mass is 32.2. The van der Waals surface area contributed by atoms with Crippen LogP contribution in [0.15, 0.2) is 76.7 Å². The monoisotopic (exact) mass is 412 g/mol. The number of hydrogen-bond donors (Lipinski definition) is 0. The highest BCUT2D eigenvalue weighted by molar-refractivity contribution is 7.99. The van der Waals surface area contributed by atoms with Crippen LogP contribution in [0.25, 0.3) is 16.7 Å². The smallest absolute Gasteiger partial charge is 0.199 e. The molecule has 0 spiro atoms. The number of aromatic nitrogens is 2. The highest BCUT2D eigenvalue weighted by Crippen LogP contribution is 2.56. The van der Waals surface area contributed by atoms with Crippen molar-refractivity contribution in [3.8, 4) is 11.4 Å². The van der Waals surface area contributed by atoms with E-state index >= 15 is 0 Å². The Bertz CT molecular complexity index is 1380. The molecule has 2 aliphatic heterocycles. The molecule has 0 unspecified atom stereocenters. The van der Waals surface area contributed by atoms with E-state index in [1.807, 2.05) is 36.4 Å². The second-order valence-electron chi connectivity index (χ2n) is 8.17. The lowest BCUT2D eigenvalue weighted by Gasteiger charge is -2.37. The summed E-state index contributed by atoms with van der Waals surface area (Å²) in [7, 11) is 0. The minimum Gasteiger partial charge on any atom is -0.482 e. The molecule has 4 heterocycles. The number of pyridine rings is 2. The van der Waals surface area contributed by atoms with Gasteiger partial charge in [0.25, 0.3) is 0 Å². The van der Waals surface area contributed by atoms with E-state index in [0.717, 1.165) is 27.8 Å². The second kappa shape index (κ2) is 6.22. The van der Waals surface area contributed by atoms with E-state index in [-0.39, 0.29) is 11.3 Å². The molecule has 5 heteroatoms. The fourth-order valence-electron chi connectivity index (χ4n) is 4.85. The predicted octanol–water partition coefficient (Wildman–Crippen LogP) is 5.19. The maximum absolute atomic E-state index is 13.8. The molecular formula is C25H20N2O2S. The van der Waals surface area contributed by atoms with Crippen LogP contribution in [0.5, 0.6) is 5.75 Å². The Kier molecular flexibility index (Phi) is 3.69. The summed E-state index contributed by atoms with van der Waals surface area (Å²) in [4.78, 5) is 18.4. The summed E-state index contributed by atoms with van der Waals surface area (Å²) < 4.78 is 8.67. The Hall–Kier alpha value is -3.05. The first-order valence-corrected chi connectivity index (χ1v) is 11.1.